The fourth-order valence-corrected chi connectivity index (χ4v) is 3.68. The Morgan fingerprint density at radius 3 is 2.79 bits per heavy atom. The molecule has 0 aliphatic carbocycles. The van der Waals surface area contributed by atoms with E-state index >= 15 is 0 Å². The highest BCUT2D eigenvalue weighted by Gasteiger charge is 2.42. The van der Waals surface area contributed by atoms with Crippen molar-refractivity contribution in [2.75, 3.05) is 5.32 Å². The van der Waals surface area contributed by atoms with Gasteiger partial charge in [-0.2, -0.15) is 0 Å². The predicted molar refractivity (Wildman–Crippen MR) is 92.2 cm³/mol. The second kappa shape index (κ2) is 5.42. The number of para-hydroxylation sites is 1. The molecule has 2 heterocycles. The van der Waals surface area contributed by atoms with Crippen LogP contribution in [0.5, 0.6) is 0 Å². The zero-order valence-corrected chi connectivity index (χ0v) is 13.7. The minimum Gasteiger partial charge on any atom is -0.445 e. The second-order valence-electron chi connectivity index (χ2n) is 5.90. The summed E-state index contributed by atoms with van der Waals surface area (Å²) in [5, 5.41) is 3.28. The summed E-state index contributed by atoms with van der Waals surface area (Å²) < 4.78 is 6.42. The number of carbonyl (C=O) groups excluding carboxylic acids is 2. The molecule has 5 nitrogen and oxygen atoms in total. The Morgan fingerprint density at radius 2 is 1.96 bits per heavy atom. The third kappa shape index (κ3) is 2.45. The van der Waals surface area contributed by atoms with Gasteiger partial charge >= 0.3 is 5.97 Å². The molecular formula is C18H14N2O3S. The second-order valence-corrected chi connectivity index (χ2v) is 6.93. The van der Waals surface area contributed by atoms with Crippen LogP contribution in [0.4, 0.5) is 5.13 Å². The number of nitrogens with one attached hydrogen (secondary N) is 1. The fourth-order valence-electron chi connectivity index (χ4n) is 2.81. The van der Waals surface area contributed by atoms with Crippen molar-refractivity contribution in [1.29, 1.82) is 0 Å². The molecule has 0 spiro atoms. The van der Waals surface area contributed by atoms with Crippen molar-refractivity contribution >= 4 is 38.6 Å². The van der Waals surface area contributed by atoms with Crippen molar-refractivity contribution in [3.63, 3.8) is 0 Å². The number of nitrogens with zero attached hydrogens (tertiary/aromatic N) is 1. The van der Waals surface area contributed by atoms with Crippen LogP contribution in [0, 0.1) is 0 Å². The number of thiazole rings is 1. The van der Waals surface area contributed by atoms with Gasteiger partial charge in [0.25, 0.3) is 5.91 Å². The van der Waals surface area contributed by atoms with E-state index in [-0.39, 0.29) is 5.91 Å². The molecule has 3 aromatic rings. The van der Waals surface area contributed by atoms with Gasteiger partial charge < -0.3 is 4.74 Å². The lowest BCUT2D eigenvalue weighted by atomic mass is 9.89. The van der Waals surface area contributed by atoms with Crippen molar-refractivity contribution in [1.82, 2.24) is 4.98 Å². The molecule has 24 heavy (non-hydrogen) atoms. The number of amides is 1. The molecule has 1 aliphatic rings. The van der Waals surface area contributed by atoms with E-state index < -0.39 is 11.6 Å². The van der Waals surface area contributed by atoms with E-state index in [1.54, 1.807) is 19.1 Å². The highest BCUT2D eigenvalue weighted by molar-refractivity contribution is 7.22. The molecule has 0 radical (unpaired) electrons. The largest absolute Gasteiger partial charge is 0.445 e. The lowest BCUT2D eigenvalue weighted by molar-refractivity contribution is -0.134. The van der Waals surface area contributed by atoms with Crippen molar-refractivity contribution < 1.29 is 14.3 Å². The van der Waals surface area contributed by atoms with Crippen molar-refractivity contribution in [3.05, 3.63) is 59.7 Å². The summed E-state index contributed by atoms with van der Waals surface area (Å²) in [4.78, 5) is 29.3. The summed E-state index contributed by atoms with van der Waals surface area (Å²) in [6, 6.07) is 14.8. The van der Waals surface area contributed by atoms with Crippen LogP contribution in [-0.4, -0.2) is 22.5 Å². The molecule has 0 bridgehead atoms. The van der Waals surface area contributed by atoms with Crippen LogP contribution in [-0.2, 0) is 16.0 Å². The van der Waals surface area contributed by atoms with Crippen molar-refractivity contribution in [2.45, 2.75) is 18.9 Å². The molecule has 1 N–H and O–H groups in total. The lowest BCUT2D eigenvalue weighted by Crippen LogP contribution is -2.48. The molecule has 4 rings (SSSR count). The molecule has 1 aromatic heterocycles. The first-order valence-corrected chi connectivity index (χ1v) is 8.35. The summed E-state index contributed by atoms with van der Waals surface area (Å²) in [5.41, 5.74) is 0.913. The molecule has 1 amide bonds. The maximum absolute atomic E-state index is 12.7. The number of ether oxygens (including phenoxy) is 1. The van der Waals surface area contributed by atoms with Gasteiger partial charge in [-0.1, -0.05) is 41.7 Å². The quantitative estimate of drug-likeness (QED) is 0.727. The van der Waals surface area contributed by atoms with Gasteiger partial charge in [0, 0.05) is 6.42 Å². The van der Waals surface area contributed by atoms with Gasteiger partial charge in [-0.15, -0.1) is 0 Å². The third-order valence-corrected chi connectivity index (χ3v) is 5.03. The average molecular weight is 338 g/mol. The number of esters is 1. The van der Waals surface area contributed by atoms with Crippen LogP contribution in [0.3, 0.4) is 0 Å². The number of anilines is 1. The van der Waals surface area contributed by atoms with Gasteiger partial charge in [0.05, 0.1) is 15.8 Å². The van der Waals surface area contributed by atoms with Gasteiger partial charge in [-0.05, 0) is 30.7 Å². The number of hydrogen-bond donors (Lipinski definition) is 1. The van der Waals surface area contributed by atoms with Crippen LogP contribution in [0.25, 0.3) is 10.2 Å². The molecular weight excluding hydrogens is 324 g/mol. The van der Waals surface area contributed by atoms with E-state index in [4.69, 9.17) is 4.74 Å². The highest BCUT2D eigenvalue weighted by Crippen LogP contribution is 2.31. The summed E-state index contributed by atoms with van der Waals surface area (Å²) in [6.07, 6.45) is 0.339. The first kappa shape index (κ1) is 14.8. The SMILES string of the molecule is C[C@]1(C(=O)Nc2nc3ccccc3s2)Cc2ccccc2C(=O)O1. The summed E-state index contributed by atoms with van der Waals surface area (Å²) in [7, 11) is 0. The highest BCUT2D eigenvalue weighted by atomic mass is 32.1. The van der Waals surface area contributed by atoms with Gasteiger partial charge in [-0.25, -0.2) is 9.78 Å². The van der Waals surface area contributed by atoms with Gasteiger partial charge in [0.15, 0.2) is 10.7 Å². The van der Waals surface area contributed by atoms with E-state index in [2.05, 4.69) is 10.3 Å². The van der Waals surface area contributed by atoms with Gasteiger partial charge in [0.1, 0.15) is 0 Å². The number of rotatable bonds is 2. The number of carbonyl (C=O) groups is 2. The maximum Gasteiger partial charge on any atom is 0.339 e. The van der Waals surface area contributed by atoms with E-state index in [0.29, 0.717) is 17.1 Å². The zero-order chi connectivity index (χ0) is 16.7. The van der Waals surface area contributed by atoms with E-state index in [1.807, 2.05) is 36.4 Å². The average Bonchev–Trinajstić information content (AvgIpc) is 2.97. The smallest absolute Gasteiger partial charge is 0.339 e. The Hall–Kier alpha value is -2.73. The molecule has 2 aromatic carbocycles. The normalized spacial score (nSPS) is 19.6. The van der Waals surface area contributed by atoms with E-state index in [1.165, 1.54) is 11.3 Å². The van der Waals surface area contributed by atoms with Crippen LogP contribution in [0.15, 0.2) is 48.5 Å². The third-order valence-electron chi connectivity index (χ3n) is 4.08. The maximum atomic E-state index is 12.7. The minimum atomic E-state index is -1.25. The predicted octanol–water partition coefficient (Wildman–Crippen LogP) is 3.41. The monoisotopic (exact) mass is 338 g/mol. The van der Waals surface area contributed by atoms with Crippen LogP contribution in [0.2, 0.25) is 0 Å². The topological polar surface area (TPSA) is 68.3 Å². The Labute approximate surface area is 142 Å². The number of fused-ring (bicyclic) bond motifs is 2. The van der Waals surface area contributed by atoms with E-state index in [9.17, 15) is 9.59 Å². The fraction of sp³-hybridized carbons (Fsp3) is 0.167. The molecule has 1 atom stereocenters. The van der Waals surface area contributed by atoms with Crippen molar-refractivity contribution in [2.24, 2.45) is 0 Å². The lowest BCUT2D eigenvalue weighted by Gasteiger charge is -2.32. The molecule has 0 saturated heterocycles. The Bertz CT molecular complexity index is 933. The summed E-state index contributed by atoms with van der Waals surface area (Å²) in [5.74, 6) is -0.844. The standard InChI is InChI=1S/C18H14N2O3S/c1-18(10-11-6-2-3-7-12(11)15(21)23-18)16(22)20-17-19-13-8-4-5-9-14(13)24-17/h2-9H,10H2,1H3,(H,19,20,22)/t18-/m1/s1. The Morgan fingerprint density at radius 1 is 1.21 bits per heavy atom. The van der Waals surface area contributed by atoms with Gasteiger partial charge in [0.2, 0.25) is 0 Å². The number of benzene rings is 2. The molecule has 0 fully saturated rings. The zero-order valence-electron chi connectivity index (χ0n) is 12.9. The number of cyclic esters (lactones) is 1. The number of hydrogen-bond acceptors (Lipinski definition) is 5. The van der Waals surface area contributed by atoms with Gasteiger partial charge in [-0.3, -0.25) is 10.1 Å². The first-order chi connectivity index (χ1) is 11.5. The van der Waals surface area contributed by atoms with Crippen LogP contribution < -0.4 is 5.32 Å². The molecule has 0 saturated carbocycles. The van der Waals surface area contributed by atoms with E-state index in [0.717, 1.165) is 15.8 Å². The molecule has 6 heteroatoms. The molecule has 1 aliphatic heterocycles. The Balaban J connectivity index is 1.61. The minimum absolute atomic E-state index is 0.339. The first-order valence-electron chi connectivity index (χ1n) is 7.53. The Kier molecular flexibility index (Phi) is 3.35. The summed E-state index contributed by atoms with van der Waals surface area (Å²) in [6.45, 7) is 1.63. The molecule has 0 unspecified atom stereocenters. The summed E-state index contributed by atoms with van der Waals surface area (Å²) >= 11 is 1.39. The van der Waals surface area contributed by atoms with Crippen LogP contribution in [0.1, 0.15) is 22.8 Å². The number of aromatic nitrogens is 1. The van der Waals surface area contributed by atoms with Crippen molar-refractivity contribution in [3.8, 4) is 0 Å². The molecule has 120 valence electrons. The van der Waals surface area contributed by atoms with Crippen LogP contribution >= 0.6 is 11.3 Å².